The number of carboxylic acid groups (broad SMARTS) is 1. The summed E-state index contributed by atoms with van der Waals surface area (Å²) in [4.78, 5) is 12.1. The lowest BCUT2D eigenvalue weighted by atomic mass is 9.80. The van der Waals surface area contributed by atoms with Gasteiger partial charge in [-0.25, -0.2) is 0 Å². The molecule has 1 aliphatic rings. The number of aliphatic carboxylic acids is 1. The molecule has 0 saturated heterocycles. The average Bonchev–Trinajstić information content (AvgIpc) is 3.03. The topological polar surface area (TPSA) is 70.0 Å². The number of rotatable bonds is 7. The molecule has 2 N–H and O–H groups in total. The van der Waals surface area contributed by atoms with Gasteiger partial charge in [-0.1, -0.05) is 90.3 Å². The molecule has 0 amide bonds. The van der Waals surface area contributed by atoms with E-state index in [-0.39, 0.29) is 6.42 Å². The Morgan fingerprint density at radius 3 is 2.06 bits per heavy atom. The maximum atomic E-state index is 12.1. The van der Waals surface area contributed by atoms with Gasteiger partial charge in [-0.05, 0) is 110 Å². The van der Waals surface area contributed by atoms with Crippen LogP contribution in [0.4, 0.5) is 5.69 Å². The molecule has 0 atom stereocenters. The summed E-state index contributed by atoms with van der Waals surface area (Å²) in [7, 11) is 0. The van der Waals surface area contributed by atoms with E-state index in [0.717, 1.165) is 62.7 Å². The van der Waals surface area contributed by atoms with Crippen molar-refractivity contribution in [2.24, 2.45) is 0 Å². The lowest BCUT2D eigenvalue weighted by Gasteiger charge is -2.36. The van der Waals surface area contributed by atoms with Gasteiger partial charge in [-0.3, -0.25) is 4.79 Å². The number of ether oxygens (including phenoxy) is 1. The molecule has 0 bridgehead atoms. The summed E-state index contributed by atoms with van der Waals surface area (Å²) in [6.45, 7) is 12.2. The molecule has 5 aromatic rings. The Labute approximate surface area is 283 Å². The number of hydrogen-bond donors (Lipinski definition) is 2. The smallest absolute Gasteiger partial charge is 0.307 e. The predicted octanol–water partition coefficient (Wildman–Crippen LogP) is 10.4. The van der Waals surface area contributed by atoms with E-state index in [2.05, 4.69) is 79.9 Å². The molecule has 0 spiro atoms. The first kappa shape index (κ1) is 33.8. The number of para-hydroxylation sites is 2. The predicted molar refractivity (Wildman–Crippen MR) is 196 cm³/mol. The summed E-state index contributed by atoms with van der Waals surface area (Å²) in [5, 5.41) is 18.4. The third-order valence-corrected chi connectivity index (χ3v) is 8.84. The first-order valence-electron chi connectivity index (χ1n) is 15.8. The summed E-state index contributed by atoms with van der Waals surface area (Å²) in [5.41, 5.74) is 12.6. The quantitative estimate of drug-likeness (QED) is 0.172. The number of nitrogens with zero attached hydrogens (tertiary/aromatic N) is 1. The maximum Gasteiger partial charge on any atom is 0.307 e. The number of fused-ring (bicyclic) bond motifs is 3. The van der Waals surface area contributed by atoms with E-state index in [9.17, 15) is 9.90 Å². The van der Waals surface area contributed by atoms with Crippen molar-refractivity contribution in [2.75, 3.05) is 10.6 Å². The maximum absolute atomic E-state index is 12.1. The molecule has 0 aromatic heterocycles. The molecule has 5 nitrogen and oxygen atoms in total. The Bertz CT molecular complexity index is 1890. The van der Waals surface area contributed by atoms with Gasteiger partial charge in [-0.2, -0.15) is 0 Å². The summed E-state index contributed by atoms with van der Waals surface area (Å²) >= 11 is 1.67. The number of carbonyl (C=O) groups is 1. The summed E-state index contributed by atoms with van der Waals surface area (Å²) in [5.74, 6) is 0.796. The van der Waals surface area contributed by atoms with Crippen LogP contribution >= 0.6 is 11.9 Å². The molecule has 6 rings (SSSR count). The molecule has 0 radical (unpaired) electrons. The molecule has 0 unspecified atom stereocenters. The molecule has 0 fully saturated rings. The second-order valence-corrected chi connectivity index (χ2v) is 13.7. The second kappa shape index (κ2) is 14.1. The van der Waals surface area contributed by atoms with Crippen molar-refractivity contribution in [1.82, 2.24) is 0 Å². The Balaban J connectivity index is 0.000000807. The zero-order chi connectivity index (χ0) is 33.9. The van der Waals surface area contributed by atoms with Crippen LogP contribution in [0.3, 0.4) is 0 Å². The van der Waals surface area contributed by atoms with E-state index < -0.39 is 11.6 Å². The number of carboxylic acids is 1. The van der Waals surface area contributed by atoms with Crippen LogP contribution in [0.2, 0.25) is 0 Å². The number of hydrogen-bond acceptors (Lipinski definition) is 5. The van der Waals surface area contributed by atoms with Crippen LogP contribution in [0.5, 0.6) is 11.5 Å². The van der Waals surface area contributed by atoms with E-state index in [1.54, 1.807) is 32.7 Å². The molecule has 6 heteroatoms. The van der Waals surface area contributed by atoms with Gasteiger partial charge in [-0.15, -0.1) is 0 Å². The summed E-state index contributed by atoms with van der Waals surface area (Å²) in [6.07, 6.45) is 2.07. The first-order chi connectivity index (χ1) is 22.4. The number of benzene rings is 5. The minimum Gasteiger partial charge on any atom is -0.481 e. The second-order valence-electron chi connectivity index (χ2n) is 12.9. The summed E-state index contributed by atoms with van der Waals surface area (Å²) < 4.78 is 8.60. The SMILES string of the molecule is CC(C)(C)O.CSN1Cc2cc(-c3ccccc3Oc3ccccc3)ccc2-c2c(C)c(-c3ccc(C)cc3)c(CC(=O)O)c(C)c21. The van der Waals surface area contributed by atoms with Crippen molar-refractivity contribution in [1.29, 1.82) is 0 Å². The van der Waals surface area contributed by atoms with E-state index in [0.29, 0.717) is 0 Å². The Morgan fingerprint density at radius 1 is 0.809 bits per heavy atom. The van der Waals surface area contributed by atoms with Gasteiger partial charge in [0, 0.05) is 17.4 Å². The first-order valence-corrected chi connectivity index (χ1v) is 17.0. The lowest BCUT2D eigenvalue weighted by Crippen LogP contribution is -2.22. The van der Waals surface area contributed by atoms with Gasteiger partial charge in [0.25, 0.3) is 0 Å². The minimum absolute atomic E-state index is 0.0185. The summed E-state index contributed by atoms with van der Waals surface area (Å²) in [6, 6.07) is 33.1. The molecule has 5 aromatic carbocycles. The third-order valence-electron chi connectivity index (χ3n) is 8.09. The monoisotopic (exact) mass is 645 g/mol. The molecule has 1 heterocycles. The average molecular weight is 646 g/mol. The zero-order valence-corrected chi connectivity index (χ0v) is 29.0. The normalized spacial score (nSPS) is 12.0. The molecular formula is C41H43NO4S. The van der Waals surface area contributed by atoms with Crippen molar-refractivity contribution in [2.45, 2.75) is 60.1 Å². The van der Waals surface area contributed by atoms with Crippen LogP contribution in [0.25, 0.3) is 33.4 Å². The zero-order valence-electron chi connectivity index (χ0n) is 28.2. The fourth-order valence-electron chi connectivity index (χ4n) is 6.11. The molecule has 47 heavy (non-hydrogen) atoms. The minimum atomic E-state index is -0.821. The third kappa shape index (κ3) is 7.73. The van der Waals surface area contributed by atoms with Gasteiger partial charge in [0.1, 0.15) is 11.5 Å². The highest BCUT2D eigenvalue weighted by atomic mass is 32.2. The van der Waals surface area contributed by atoms with Crippen LogP contribution in [-0.4, -0.2) is 28.0 Å². The largest absolute Gasteiger partial charge is 0.481 e. The number of anilines is 1. The fraction of sp³-hybridized carbons (Fsp3) is 0.244. The van der Waals surface area contributed by atoms with Gasteiger partial charge in [0.15, 0.2) is 0 Å². The van der Waals surface area contributed by atoms with Gasteiger partial charge >= 0.3 is 5.97 Å². The van der Waals surface area contributed by atoms with Crippen molar-refractivity contribution < 1.29 is 19.7 Å². The van der Waals surface area contributed by atoms with E-state index in [1.807, 2.05) is 48.5 Å². The van der Waals surface area contributed by atoms with E-state index in [4.69, 9.17) is 9.84 Å². The van der Waals surface area contributed by atoms with Crippen molar-refractivity contribution in [3.05, 3.63) is 125 Å². The number of aliphatic hydroxyl groups is 1. The number of aryl methyl sites for hydroxylation is 1. The molecule has 0 saturated carbocycles. The highest BCUT2D eigenvalue weighted by molar-refractivity contribution is 7.99. The van der Waals surface area contributed by atoms with E-state index in [1.165, 1.54) is 22.3 Å². The Kier molecular flexibility index (Phi) is 10.1. The van der Waals surface area contributed by atoms with Crippen LogP contribution in [0.15, 0.2) is 97.1 Å². The van der Waals surface area contributed by atoms with Crippen LogP contribution < -0.4 is 9.04 Å². The van der Waals surface area contributed by atoms with Crippen LogP contribution in [0, 0.1) is 20.8 Å². The van der Waals surface area contributed by atoms with Crippen molar-refractivity contribution >= 4 is 23.6 Å². The highest BCUT2D eigenvalue weighted by Gasteiger charge is 2.30. The molecule has 1 aliphatic heterocycles. The molecule has 0 aliphatic carbocycles. The van der Waals surface area contributed by atoms with E-state index >= 15 is 0 Å². The van der Waals surface area contributed by atoms with Gasteiger partial charge in [0.05, 0.1) is 24.3 Å². The Morgan fingerprint density at radius 2 is 1.43 bits per heavy atom. The van der Waals surface area contributed by atoms with Crippen LogP contribution in [-0.2, 0) is 17.8 Å². The van der Waals surface area contributed by atoms with Crippen LogP contribution in [0.1, 0.15) is 48.6 Å². The lowest BCUT2D eigenvalue weighted by molar-refractivity contribution is -0.136. The van der Waals surface area contributed by atoms with Gasteiger partial charge in [0.2, 0.25) is 0 Å². The van der Waals surface area contributed by atoms with Gasteiger partial charge < -0.3 is 19.3 Å². The highest BCUT2D eigenvalue weighted by Crippen LogP contribution is 2.51. The van der Waals surface area contributed by atoms with Crippen molar-refractivity contribution in [3.63, 3.8) is 0 Å². The Hall–Kier alpha value is -4.52. The molecule has 242 valence electrons. The fourth-order valence-corrected chi connectivity index (χ4v) is 6.79. The standard InChI is InChI=1S/C37H33NO3S.C4H10O/c1-23-14-16-26(17-15-23)35-25(3)36-31-19-18-27(30-12-8-9-13-33(30)41-29-10-6-5-7-11-29)20-28(31)22-38(42-4)37(36)24(2)32(35)21-34(39)40;1-4(2,3)5/h5-20H,21-22H2,1-4H3,(H,39,40);5H,1-3H3. The molecular weight excluding hydrogens is 603 g/mol. The van der Waals surface area contributed by atoms with Crippen molar-refractivity contribution in [3.8, 4) is 44.9 Å².